The Labute approximate surface area is 108 Å². The maximum Gasteiger partial charge on any atom is 0.130 e. The number of anilines is 1. The monoisotopic (exact) mass is 244 g/mol. The van der Waals surface area contributed by atoms with Crippen LogP contribution in [-0.2, 0) is 0 Å². The Morgan fingerprint density at radius 3 is 2.67 bits per heavy atom. The first-order valence-electron chi connectivity index (χ1n) is 6.49. The third kappa shape index (κ3) is 2.80. The molecule has 1 fully saturated rings. The van der Waals surface area contributed by atoms with Crippen LogP contribution in [0.4, 0.5) is 5.82 Å². The molecule has 1 unspecified atom stereocenters. The number of aryl methyl sites for hydroxylation is 1. The van der Waals surface area contributed by atoms with Gasteiger partial charge in [0.05, 0.1) is 11.6 Å². The van der Waals surface area contributed by atoms with Crippen LogP contribution in [0.5, 0.6) is 0 Å². The quantitative estimate of drug-likeness (QED) is 0.862. The Morgan fingerprint density at radius 1 is 1.44 bits per heavy atom. The molecule has 0 aliphatic carbocycles. The molecule has 96 valence electrons. The highest BCUT2D eigenvalue weighted by Crippen LogP contribution is 2.24. The summed E-state index contributed by atoms with van der Waals surface area (Å²) in [5.74, 6) is 1.54. The Kier molecular flexibility index (Phi) is 3.83. The predicted molar refractivity (Wildman–Crippen MR) is 72.3 cm³/mol. The minimum absolute atomic E-state index is 0.271. The zero-order valence-electron chi connectivity index (χ0n) is 11.1. The lowest BCUT2D eigenvalue weighted by molar-refractivity contribution is 0.353. The van der Waals surface area contributed by atoms with Crippen molar-refractivity contribution in [3.05, 3.63) is 23.4 Å². The fraction of sp³-hybridized carbons (Fsp3) is 0.571. The van der Waals surface area contributed by atoms with Gasteiger partial charge in [0, 0.05) is 24.8 Å². The van der Waals surface area contributed by atoms with Crippen molar-refractivity contribution < 1.29 is 0 Å². The maximum absolute atomic E-state index is 8.99. The molecule has 2 heterocycles. The predicted octanol–water partition coefficient (Wildman–Crippen LogP) is 1.83. The van der Waals surface area contributed by atoms with Crippen LogP contribution in [0.2, 0.25) is 0 Å². The lowest BCUT2D eigenvalue weighted by Gasteiger charge is -2.34. The molecule has 1 aromatic heterocycles. The molecule has 0 amide bonds. The van der Waals surface area contributed by atoms with Gasteiger partial charge in [0.25, 0.3) is 0 Å². The Bertz CT molecular complexity index is 453. The number of rotatable bonds is 2. The molecule has 0 radical (unpaired) electrons. The number of nitrogens with zero attached hydrogens (tertiary/aromatic N) is 3. The van der Waals surface area contributed by atoms with E-state index in [0.29, 0.717) is 11.5 Å². The standard InChI is InChI=1S/C14H20N4/c1-10-7-12(9-15)8-14(17-10)18-5-3-13(4-6-18)11(2)16/h7-8,11,13H,3-6,16H2,1-2H3. The van der Waals surface area contributed by atoms with E-state index < -0.39 is 0 Å². The summed E-state index contributed by atoms with van der Waals surface area (Å²) >= 11 is 0. The van der Waals surface area contributed by atoms with Crippen molar-refractivity contribution in [2.24, 2.45) is 11.7 Å². The highest BCUT2D eigenvalue weighted by Gasteiger charge is 2.22. The third-order valence-corrected chi connectivity index (χ3v) is 3.68. The topological polar surface area (TPSA) is 65.9 Å². The van der Waals surface area contributed by atoms with Crippen LogP contribution < -0.4 is 10.6 Å². The summed E-state index contributed by atoms with van der Waals surface area (Å²) in [7, 11) is 0. The fourth-order valence-corrected chi connectivity index (χ4v) is 2.53. The molecule has 4 heteroatoms. The van der Waals surface area contributed by atoms with Gasteiger partial charge in [-0.05, 0) is 44.7 Å². The number of nitriles is 1. The SMILES string of the molecule is Cc1cc(C#N)cc(N2CCC(C(C)N)CC2)n1. The molecule has 4 nitrogen and oxygen atoms in total. The zero-order chi connectivity index (χ0) is 13.1. The van der Waals surface area contributed by atoms with Gasteiger partial charge in [-0.3, -0.25) is 0 Å². The first-order chi connectivity index (χ1) is 8.60. The van der Waals surface area contributed by atoms with E-state index in [-0.39, 0.29) is 6.04 Å². The van der Waals surface area contributed by atoms with Gasteiger partial charge in [0.1, 0.15) is 5.82 Å². The minimum atomic E-state index is 0.271. The largest absolute Gasteiger partial charge is 0.357 e. The number of pyridine rings is 1. The molecular formula is C14H20N4. The van der Waals surface area contributed by atoms with Crippen LogP contribution in [0.3, 0.4) is 0 Å². The van der Waals surface area contributed by atoms with E-state index in [1.54, 1.807) is 0 Å². The van der Waals surface area contributed by atoms with E-state index >= 15 is 0 Å². The normalized spacial score (nSPS) is 18.4. The van der Waals surface area contributed by atoms with E-state index in [1.807, 2.05) is 19.1 Å². The molecule has 0 bridgehead atoms. The van der Waals surface area contributed by atoms with Crippen molar-refractivity contribution >= 4 is 5.82 Å². The number of piperidine rings is 1. The Hall–Kier alpha value is -1.60. The zero-order valence-corrected chi connectivity index (χ0v) is 11.1. The molecule has 0 saturated carbocycles. The smallest absolute Gasteiger partial charge is 0.130 e. The van der Waals surface area contributed by atoms with Crippen LogP contribution in [0.15, 0.2) is 12.1 Å². The molecule has 1 atom stereocenters. The minimum Gasteiger partial charge on any atom is -0.357 e. The van der Waals surface area contributed by atoms with Gasteiger partial charge in [-0.2, -0.15) is 5.26 Å². The van der Waals surface area contributed by atoms with Crippen LogP contribution in [0.1, 0.15) is 31.0 Å². The molecule has 0 aromatic carbocycles. The van der Waals surface area contributed by atoms with Crippen LogP contribution in [0, 0.1) is 24.2 Å². The van der Waals surface area contributed by atoms with Crippen molar-refractivity contribution in [2.45, 2.75) is 32.7 Å². The molecular weight excluding hydrogens is 224 g/mol. The van der Waals surface area contributed by atoms with Gasteiger partial charge in [-0.15, -0.1) is 0 Å². The fourth-order valence-electron chi connectivity index (χ4n) is 2.53. The van der Waals surface area contributed by atoms with Gasteiger partial charge >= 0.3 is 0 Å². The lowest BCUT2D eigenvalue weighted by atomic mass is 9.91. The first kappa shape index (κ1) is 12.8. The molecule has 18 heavy (non-hydrogen) atoms. The molecule has 1 aromatic rings. The molecule has 1 aliphatic rings. The summed E-state index contributed by atoms with van der Waals surface area (Å²) in [6.07, 6.45) is 2.21. The van der Waals surface area contributed by atoms with Gasteiger partial charge < -0.3 is 10.6 Å². The van der Waals surface area contributed by atoms with Crippen molar-refractivity contribution in [1.82, 2.24) is 4.98 Å². The molecule has 2 rings (SSSR count). The van der Waals surface area contributed by atoms with Gasteiger partial charge in [0.2, 0.25) is 0 Å². The van der Waals surface area contributed by atoms with Gasteiger partial charge in [0.15, 0.2) is 0 Å². The van der Waals surface area contributed by atoms with E-state index in [1.165, 1.54) is 0 Å². The average molecular weight is 244 g/mol. The summed E-state index contributed by atoms with van der Waals surface area (Å²) in [5, 5.41) is 8.99. The summed E-state index contributed by atoms with van der Waals surface area (Å²) in [6, 6.07) is 6.15. The van der Waals surface area contributed by atoms with Crippen molar-refractivity contribution in [2.75, 3.05) is 18.0 Å². The Balaban J connectivity index is 2.10. The number of hydrogen-bond acceptors (Lipinski definition) is 4. The second kappa shape index (κ2) is 5.36. The molecule has 0 spiro atoms. The van der Waals surface area contributed by atoms with Crippen LogP contribution in [-0.4, -0.2) is 24.1 Å². The summed E-state index contributed by atoms with van der Waals surface area (Å²) in [5.41, 5.74) is 7.53. The highest BCUT2D eigenvalue weighted by atomic mass is 15.2. The number of nitrogens with two attached hydrogens (primary N) is 1. The average Bonchev–Trinajstić information content (AvgIpc) is 2.38. The third-order valence-electron chi connectivity index (χ3n) is 3.68. The molecule has 2 N–H and O–H groups in total. The van der Waals surface area contributed by atoms with Gasteiger partial charge in [-0.1, -0.05) is 0 Å². The van der Waals surface area contributed by atoms with E-state index in [9.17, 15) is 0 Å². The number of aromatic nitrogens is 1. The van der Waals surface area contributed by atoms with Crippen molar-refractivity contribution in [3.63, 3.8) is 0 Å². The van der Waals surface area contributed by atoms with E-state index in [4.69, 9.17) is 11.0 Å². The lowest BCUT2D eigenvalue weighted by Crippen LogP contribution is -2.40. The maximum atomic E-state index is 8.99. The van der Waals surface area contributed by atoms with E-state index in [0.717, 1.165) is 37.4 Å². The first-order valence-corrected chi connectivity index (χ1v) is 6.49. The van der Waals surface area contributed by atoms with Gasteiger partial charge in [-0.25, -0.2) is 4.98 Å². The van der Waals surface area contributed by atoms with Crippen molar-refractivity contribution in [1.29, 1.82) is 5.26 Å². The van der Waals surface area contributed by atoms with Crippen molar-refractivity contribution in [3.8, 4) is 6.07 Å². The second-order valence-corrected chi connectivity index (χ2v) is 5.15. The summed E-state index contributed by atoms with van der Waals surface area (Å²) in [4.78, 5) is 6.78. The van der Waals surface area contributed by atoms with E-state index in [2.05, 4.69) is 22.9 Å². The molecule has 1 aliphatic heterocycles. The van der Waals surface area contributed by atoms with Crippen LogP contribution >= 0.6 is 0 Å². The highest BCUT2D eigenvalue weighted by molar-refractivity contribution is 5.46. The number of hydrogen-bond donors (Lipinski definition) is 1. The summed E-state index contributed by atoms with van der Waals surface area (Å²) < 4.78 is 0. The molecule has 1 saturated heterocycles. The van der Waals surface area contributed by atoms with Crippen LogP contribution in [0.25, 0.3) is 0 Å². The second-order valence-electron chi connectivity index (χ2n) is 5.15. The summed E-state index contributed by atoms with van der Waals surface area (Å²) in [6.45, 7) is 5.97. The Morgan fingerprint density at radius 2 is 2.11 bits per heavy atom.